The summed E-state index contributed by atoms with van der Waals surface area (Å²) < 4.78 is 13.0. The Balaban J connectivity index is 2.56. The van der Waals surface area contributed by atoms with Crippen LogP contribution >= 0.6 is 11.6 Å². The molecular weight excluding hydrogens is 243 g/mol. The van der Waals surface area contributed by atoms with Gasteiger partial charge in [0, 0.05) is 16.2 Å². The summed E-state index contributed by atoms with van der Waals surface area (Å²) in [5.74, 6) is -0.710. The predicted octanol–water partition coefficient (Wildman–Crippen LogP) is 2.81. The van der Waals surface area contributed by atoms with Gasteiger partial charge in [0.05, 0.1) is 6.54 Å². The van der Waals surface area contributed by atoms with Crippen molar-refractivity contribution in [2.24, 2.45) is 0 Å². The molecule has 0 spiro atoms. The van der Waals surface area contributed by atoms with Crippen molar-refractivity contribution in [2.75, 3.05) is 11.9 Å². The van der Waals surface area contributed by atoms with Crippen LogP contribution in [0.1, 0.15) is 20.8 Å². The van der Waals surface area contributed by atoms with Gasteiger partial charge in [0.2, 0.25) is 5.91 Å². The molecule has 94 valence electrons. The lowest BCUT2D eigenvalue weighted by molar-refractivity contribution is -0.115. The van der Waals surface area contributed by atoms with Crippen LogP contribution in [0.3, 0.4) is 0 Å². The highest BCUT2D eigenvalue weighted by molar-refractivity contribution is 6.30. The maximum atomic E-state index is 13.0. The molecule has 3 nitrogen and oxygen atoms in total. The van der Waals surface area contributed by atoms with E-state index in [1.807, 2.05) is 20.8 Å². The van der Waals surface area contributed by atoms with E-state index in [1.54, 1.807) is 0 Å². The van der Waals surface area contributed by atoms with E-state index in [4.69, 9.17) is 11.6 Å². The van der Waals surface area contributed by atoms with Crippen LogP contribution in [-0.2, 0) is 4.79 Å². The third-order valence-electron chi connectivity index (χ3n) is 1.93. The molecule has 0 heterocycles. The molecule has 0 aliphatic carbocycles. The molecule has 5 heteroatoms. The van der Waals surface area contributed by atoms with Crippen LogP contribution in [0.15, 0.2) is 18.2 Å². The number of hydrogen-bond donors (Lipinski definition) is 2. The van der Waals surface area contributed by atoms with Gasteiger partial charge in [-0.2, -0.15) is 0 Å². The maximum absolute atomic E-state index is 13.0. The average molecular weight is 259 g/mol. The van der Waals surface area contributed by atoms with Crippen LogP contribution in [-0.4, -0.2) is 18.0 Å². The number of rotatable bonds is 3. The van der Waals surface area contributed by atoms with Crippen molar-refractivity contribution in [3.63, 3.8) is 0 Å². The van der Waals surface area contributed by atoms with Crippen molar-refractivity contribution in [1.82, 2.24) is 5.32 Å². The summed E-state index contributed by atoms with van der Waals surface area (Å²) in [5.41, 5.74) is 0.215. The molecule has 1 rings (SSSR count). The zero-order valence-electron chi connectivity index (χ0n) is 10.1. The normalized spacial score (nSPS) is 11.4. The van der Waals surface area contributed by atoms with E-state index in [2.05, 4.69) is 10.6 Å². The zero-order valence-corrected chi connectivity index (χ0v) is 10.9. The number of hydrogen-bond acceptors (Lipinski definition) is 2. The summed E-state index contributed by atoms with van der Waals surface area (Å²) in [4.78, 5) is 11.5. The molecule has 1 aromatic carbocycles. The van der Waals surface area contributed by atoms with Gasteiger partial charge in [0.15, 0.2) is 0 Å². The van der Waals surface area contributed by atoms with Crippen molar-refractivity contribution in [1.29, 1.82) is 0 Å². The van der Waals surface area contributed by atoms with Crippen LogP contribution in [0.5, 0.6) is 0 Å². The molecule has 0 aromatic heterocycles. The SMILES string of the molecule is CC(C)(C)NCC(=O)Nc1cc(F)cc(Cl)c1. The Labute approximate surface area is 105 Å². The first-order valence-corrected chi connectivity index (χ1v) is 5.65. The number of benzene rings is 1. The molecule has 0 saturated heterocycles. The van der Waals surface area contributed by atoms with Gasteiger partial charge in [-0.05, 0) is 39.0 Å². The second-order valence-electron chi connectivity index (χ2n) is 4.81. The van der Waals surface area contributed by atoms with E-state index in [0.717, 1.165) is 0 Å². The van der Waals surface area contributed by atoms with Gasteiger partial charge < -0.3 is 10.6 Å². The van der Waals surface area contributed by atoms with E-state index in [-0.39, 0.29) is 23.0 Å². The maximum Gasteiger partial charge on any atom is 0.238 e. The summed E-state index contributed by atoms with van der Waals surface area (Å²) in [5, 5.41) is 5.86. The van der Waals surface area contributed by atoms with Crippen LogP contribution in [0.4, 0.5) is 10.1 Å². The minimum atomic E-state index is -0.475. The number of nitrogens with one attached hydrogen (secondary N) is 2. The third kappa shape index (κ3) is 5.65. The molecule has 0 atom stereocenters. The lowest BCUT2D eigenvalue weighted by Gasteiger charge is -2.20. The number of amides is 1. The molecular formula is C12H16ClFN2O. The van der Waals surface area contributed by atoms with Gasteiger partial charge in [0.1, 0.15) is 5.82 Å². The number of carbonyl (C=O) groups is 1. The molecule has 1 amide bonds. The molecule has 0 unspecified atom stereocenters. The first-order valence-electron chi connectivity index (χ1n) is 5.27. The fourth-order valence-corrected chi connectivity index (χ4v) is 1.40. The first-order chi connectivity index (χ1) is 7.76. The minimum Gasteiger partial charge on any atom is -0.325 e. The van der Waals surface area contributed by atoms with Crippen molar-refractivity contribution < 1.29 is 9.18 Å². The van der Waals surface area contributed by atoms with Crippen molar-refractivity contribution in [3.05, 3.63) is 29.0 Å². The minimum absolute atomic E-state index is 0.142. The Hall–Kier alpha value is -1.13. The largest absolute Gasteiger partial charge is 0.325 e. The van der Waals surface area contributed by atoms with Gasteiger partial charge >= 0.3 is 0 Å². The predicted molar refractivity (Wildman–Crippen MR) is 67.8 cm³/mol. The zero-order chi connectivity index (χ0) is 13.1. The van der Waals surface area contributed by atoms with Crippen LogP contribution < -0.4 is 10.6 Å². The smallest absolute Gasteiger partial charge is 0.238 e. The molecule has 0 aliphatic heterocycles. The summed E-state index contributed by atoms with van der Waals surface area (Å²) in [7, 11) is 0. The molecule has 0 saturated carbocycles. The van der Waals surface area contributed by atoms with E-state index < -0.39 is 5.82 Å². The monoisotopic (exact) mass is 258 g/mol. The van der Waals surface area contributed by atoms with Gasteiger partial charge in [-0.3, -0.25) is 4.79 Å². The lowest BCUT2D eigenvalue weighted by atomic mass is 10.1. The van der Waals surface area contributed by atoms with Gasteiger partial charge in [-0.1, -0.05) is 11.6 Å². The van der Waals surface area contributed by atoms with Crippen LogP contribution in [0, 0.1) is 5.82 Å². The molecule has 0 aliphatic rings. The Morgan fingerprint density at radius 2 is 2.00 bits per heavy atom. The summed E-state index contributed by atoms with van der Waals surface area (Å²) in [6.07, 6.45) is 0. The second-order valence-corrected chi connectivity index (χ2v) is 5.25. The topological polar surface area (TPSA) is 41.1 Å². The fraction of sp³-hybridized carbons (Fsp3) is 0.417. The fourth-order valence-electron chi connectivity index (χ4n) is 1.18. The van der Waals surface area contributed by atoms with E-state index in [9.17, 15) is 9.18 Å². The van der Waals surface area contributed by atoms with E-state index in [0.29, 0.717) is 5.69 Å². The number of halogens is 2. The highest BCUT2D eigenvalue weighted by Crippen LogP contribution is 2.17. The molecule has 1 aromatic rings. The Kier molecular flexibility index (Phi) is 4.48. The quantitative estimate of drug-likeness (QED) is 0.875. The molecule has 2 N–H and O–H groups in total. The van der Waals surface area contributed by atoms with Crippen molar-refractivity contribution in [2.45, 2.75) is 26.3 Å². The van der Waals surface area contributed by atoms with Crippen molar-refractivity contribution >= 4 is 23.2 Å². The van der Waals surface area contributed by atoms with E-state index in [1.165, 1.54) is 18.2 Å². The molecule has 0 radical (unpaired) electrons. The van der Waals surface area contributed by atoms with Gasteiger partial charge in [0.25, 0.3) is 0 Å². The van der Waals surface area contributed by atoms with Crippen LogP contribution in [0.25, 0.3) is 0 Å². The summed E-state index contributed by atoms with van der Waals surface area (Å²) in [6.45, 7) is 6.04. The average Bonchev–Trinajstić information content (AvgIpc) is 2.11. The summed E-state index contributed by atoms with van der Waals surface area (Å²) in [6, 6.07) is 3.91. The van der Waals surface area contributed by atoms with Gasteiger partial charge in [-0.15, -0.1) is 0 Å². The third-order valence-corrected chi connectivity index (χ3v) is 2.14. The molecule has 0 bridgehead atoms. The Morgan fingerprint density at radius 1 is 1.35 bits per heavy atom. The van der Waals surface area contributed by atoms with Gasteiger partial charge in [-0.25, -0.2) is 4.39 Å². The molecule has 0 fully saturated rings. The standard InChI is InChI=1S/C12H16ClFN2O/c1-12(2,3)15-7-11(17)16-10-5-8(13)4-9(14)6-10/h4-6,15H,7H2,1-3H3,(H,16,17). The lowest BCUT2D eigenvalue weighted by Crippen LogP contribution is -2.41. The highest BCUT2D eigenvalue weighted by Gasteiger charge is 2.11. The van der Waals surface area contributed by atoms with E-state index >= 15 is 0 Å². The summed E-state index contributed by atoms with van der Waals surface area (Å²) >= 11 is 5.68. The molecule has 17 heavy (non-hydrogen) atoms. The van der Waals surface area contributed by atoms with Crippen LogP contribution in [0.2, 0.25) is 5.02 Å². The number of anilines is 1. The Bertz CT molecular complexity index is 395. The van der Waals surface area contributed by atoms with Crippen molar-refractivity contribution in [3.8, 4) is 0 Å². The second kappa shape index (κ2) is 5.47. The first kappa shape index (κ1) is 13.9. The highest BCUT2D eigenvalue weighted by atomic mass is 35.5. The number of carbonyl (C=O) groups excluding carboxylic acids is 1. The Morgan fingerprint density at radius 3 is 2.53 bits per heavy atom.